The van der Waals surface area contributed by atoms with Crippen molar-refractivity contribution in [1.82, 2.24) is 4.90 Å². The largest absolute Gasteiger partial charge is 0.296 e. The maximum Gasteiger partial charge on any atom is 0.0530 e. The van der Waals surface area contributed by atoms with Gasteiger partial charge in [-0.15, -0.1) is 0 Å². The second-order valence-corrected chi connectivity index (χ2v) is 5.41. The highest BCUT2D eigenvalue weighted by Crippen LogP contribution is 2.38. The SMILES string of the molecule is [N-]=[N+]=N[C@H]1CN(Cc2ccccc2)[C@H]2CC[C@@H]1C2. The van der Waals surface area contributed by atoms with Crippen LogP contribution in [0.5, 0.6) is 0 Å². The summed E-state index contributed by atoms with van der Waals surface area (Å²) in [6.45, 7) is 1.91. The fourth-order valence-electron chi connectivity index (χ4n) is 3.42. The molecule has 0 unspecified atom stereocenters. The summed E-state index contributed by atoms with van der Waals surface area (Å²) in [6, 6.07) is 11.4. The Morgan fingerprint density at radius 3 is 2.89 bits per heavy atom. The highest BCUT2D eigenvalue weighted by atomic mass is 15.2. The van der Waals surface area contributed by atoms with Gasteiger partial charge in [0.1, 0.15) is 0 Å². The topological polar surface area (TPSA) is 52.0 Å². The van der Waals surface area contributed by atoms with E-state index in [1.807, 2.05) is 6.07 Å². The van der Waals surface area contributed by atoms with Crippen LogP contribution in [-0.4, -0.2) is 23.5 Å². The van der Waals surface area contributed by atoms with Crippen molar-refractivity contribution in [3.05, 3.63) is 46.3 Å². The highest BCUT2D eigenvalue weighted by molar-refractivity contribution is 5.15. The summed E-state index contributed by atoms with van der Waals surface area (Å²) in [4.78, 5) is 5.51. The van der Waals surface area contributed by atoms with E-state index in [9.17, 15) is 0 Å². The first-order valence-corrected chi connectivity index (χ1v) is 6.69. The number of azide groups is 1. The third kappa shape index (κ3) is 2.22. The molecule has 0 N–H and O–H groups in total. The van der Waals surface area contributed by atoms with E-state index in [4.69, 9.17) is 5.53 Å². The molecular weight excluding hydrogens is 224 g/mol. The van der Waals surface area contributed by atoms with E-state index in [0.29, 0.717) is 12.0 Å². The van der Waals surface area contributed by atoms with Crippen LogP contribution in [0.3, 0.4) is 0 Å². The number of benzene rings is 1. The molecule has 94 valence electrons. The van der Waals surface area contributed by atoms with Crippen molar-refractivity contribution < 1.29 is 0 Å². The average molecular weight is 242 g/mol. The van der Waals surface area contributed by atoms with Crippen molar-refractivity contribution >= 4 is 0 Å². The van der Waals surface area contributed by atoms with Crippen LogP contribution in [0.2, 0.25) is 0 Å². The molecule has 2 aliphatic rings. The summed E-state index contributed by atoms with van der Waals surface area (Å²) >= 11 is 0. The van der Waals surface area contributed by atoms with E-state index in [2.05, 4.69) is 39.2 Å². The number of rotatable bonds is 3. The molecule has 0 spiro atoms. The summed E-state index contributed by atoms with van der Waals surface area (Å²) in [6.07, 6.45) is 3.69. The number of piperidine rings is 1. The molecule has 2 fully saturated rings. The smallest absolute Gasteiger partial charge is 0.0530 e. The van der Waals surface area contributed by atoms with Crippen molar-refractivity contribution in [3.8, 4) is 0 Å². The molecule has 0 amide bonds. The molecule has 1 aromatic rings. The number of fused-ring (bicyclic) bond motifs is 2. The summed E-state index contributed by atoms with van der Waals surface area (Å²) < 4.78 is 0. The molecule has 0 aromatic heterocycles. The molecule has 2 bridgehead atoms. The van der Waals surface area contributed by atoms with E-state index in [-0.39, 0.29) is 6.04 Å². The van der Waals surface area contributed by atoms with Crippen LogP contribution in [0.4, 0.5) is 0 Å². The molecule has 4 nitrogen and oxygen atoms in total. The molecule has 18 heavy (non-hydrogen) atoms. The maximum atomic E-state index is 8.66. The summed E-state index contributed by atoms with van der Waals surface area (Å²) in [5.74, 6) is 0.623. The molecule has 1 aliphatic heterocycles. The second kappa shape index (κ2) is 5.01. The van der Waals surface area contributed by atoms with Crippen LogP contribution in [0.25, 0.3) is 10.4 Å². The first kappa shape index (κ1) is 11.6. The van der Waals surface area contributed by atoms with Crippen molar-refractivity contribution in [2.45, 2.75) is 37.9 Å². The van der Waals surface area contributed by atoms with E-state index in [0.717, 1.165) is 13.1 Å². The van der Waals surface area contributed by atoms with Gasteiger partial charge in [-0.25, -0.2) is 0 Å². The van der Waals surface area contributed by atoms with Gasteiger partial charge in [0.25, 0.3) is 0 Å². The van der Waals surface area contributed by atoms with Gasteiger partial charge in [-0.1, -0.05) is 35.4 Å². The molecule has 1 aromatic carbocycles. The van der Waals surface area contributed by atoms with Gasteiger partial charge in [0.05, 0.1) is 6.04 Å². The number of hydrogen-bond donors (Lipinski definition) is 0. The lowest BCUT2D eigenvalue weighted by molar-refractivity contribution is 0.131. The molecule has 1 heterocycles. The predicted octanol–water partition coefficient (Wildman–Crippen LogP) is 3.35. The molecule has 3 rings (SSSR count). The van der Waals surface area contributed by atoms with Gasteiger partial charge < -0.3 is 0 Å². The summed E-state index contributed by atoms with van der Waals surface area (Å²) in [5, 5.41) is 3.99. The molecule has 1 aliphatic carbocycles. The number of hydrogen-bond acceptors (Lipinski definition) is 2. The molecule has 1 saturated carbocycles. The van der Waals surface area contributed by atoms with Gasteiger partial charge in [0.2, 0.25) is 0 Å². The lowest BCUT2D eigenvalue weighted by atomic mass is 9.94. The Kier molecular flexibility index (Phi) is 3.22. The minimum Gasteiger partial charge on any atom is -0.296 e. The fourth-order valence-corrected chi connectivity index (χ4v) is 3.42. The minimum absolute atomic E-state index is 0.178. The number of likely N-dealkylation sites (tertiary alicyclic amines) is 1. The summed E-state index contributed by atoms with van der Waals surface area (Å²) in [5.41, 5.74) is 10.0. The van der Waals surface area contributed by atoms with E-state index in [1.54, 1.807) is 0 Å². The lowest BCUT2D eigenvalue weighted by Gasteiger charge is -2.36. The molecule has 1 saturated heterocycles. The van der Waals surface area contributed by atoms with Crippen molar-refractivity contribution in [2.75, 3.05) is 6.54 Å². The third-order valence-corrected chi connectivity index (χ3v) is 4.36. The Morgan fingerprint density at radius 2 is 2.11 bits per heavy atom. The van der Waals surface area contributed by atoms with Crippen LogP contribution < -0.4 is 0 Å². The van der Waals surface area contributed by atoms with Gasteiger partial charge in [-0.2, -0.15) is 0 Å². The second-order valence-electron chi connectivity index (χ2n) is 5.41. The lowest BCUT2D eigenvalue weighted by Crippen LogP contribution is -2.44. The fraction of sp³-hybridized carbons (Fsp3) is 0.571. The van der Waals surface area contributed by atoms with Crippen molar-refractivity contribution in [1.29, 1.82) is 0 Å². The number of nitrogens with zero attached hydrogens (tertiary/aromatic N) is 4. The molecule has 4 heteroatoms. The van der Waals surface area contributed by atoms with Crippen LogP contribution in [0.1, 0.15) is 24.8 Å². The zero-order valence-corrected chi connectivity index (χ0v) is 10.4. The van der Waals surface area contributed by atoms with Gasteiger partial charge in [-0.3, -0.25) is 4.90 Å². The quantitative estimate of drug-likeness (QED) is 0.455. The standard InChI is InChI=1S/C14H18N4/c15-17-16-14-10-18(13-7-6-12(14)8-13)9-11-4-2-1-3-5-11/h1-5,12-14H,6-10H2/t12-,13+,14+/m1/s1. The van der Waals surface area contributed by atoms with Crippen molar-refractivity contribution in [3.63, 3.8) is 0 Å². The van der Waals surface area contributed by atoms with Gasteiger partial charge in [0.15, 0.2) is 0 Å². The maximum absolute atomic E-state index is 8.66. The Bertz CT molecular complexity index is 452. The van der Waals surface area contributed by atoms with Crippen LogP contribution in [-0.2, 0) is 6.54 Å². The Morgan fingerprint density at radius 1 is 1.28 bits per heavy atom. The minimum atomic E-state index is 0.178. The normalized spacial score (nSPS) is 31.0. The molecule has 0 radical (unpaired) electrons. The van der Waals surface area contributed by atoms with Crippen molar-refractivity contribution in [2.24, 2.45) is 11.0 Å². The first-order valence-electron chi connectivity index (χ1n) is 6.69. The van der Waals surface area contributed by atoms with Crippen LogP contribution in [0.15, 0.2) is 35.4 Å². The Balaban J connectivity index is 1.74. The van der Waals surface area contributed by atoms with Crippen LogP contribution in [0, 0.1) is 5.92 Å². The van der Waals surface area contributed by atoms with Gasteiger partial charge >= 0.3 is 0 Å². The Hall–Kier alpha value is -1.51. The average Bonchev–Trinajstić information content (AvgIpc) is 2.82. The molecular formula is C14H18N4. The Labute approximate surface area is 107 Å². The third-order valence-electron chi connectivity index (χ3n) is 4.36. The van der Waals surface area contributed by atoms with Gasteiger partial charge in [-0.05, 0) is 36.3 Å². The zero-order valence-electron chi connectivity index (χ0n) is 10.4. The van der Waals surface area contributed by atoms with E-state index >= 15 is 0 Å². The first-order chi connectivity index (χ1) is 8.86. The van der Waals surface area contributed by atoms with Crippen LogP contribution >= 0.6 is 0 Å². The predicted molar refractivity (Wildman–Crippen MR) is 70.9 cm³/mol. The monoisotopic (exact) mass is 242 g/mol. The summed E-state index contributed by atoms with van der Waals surface area (Å²) in [7, 11) is 0. The van der Waals surface area contributed by atoms with Gasteiger partial charge in [0, 0.05) is 24.0 Å². The zero-order chi connectivity index (χ0) is 12.4. The van der Waals surface area contributed by atoms with E-state index < -0.39 is 0 Å². The highest BCUT2D eigenvalue weighted by Gasteiger charge is 2.39. The molecule has 3 atom stereocenters. The van der Waals surface area contributed by atoms with E-state index in [1.165, 1.54) is 24.8 Å².